The van der Waals surface area contributed by atoms with E-state index >= 15 is 0 Å². The molecule has 1 amide bonds. The molecule has 0 aromatic heterocycles. The summed E-state index contributed by atoms with van der Waals surface area (Å²) in [7, 11) is 1.67. The van der Waals surface area contributed by atoms with Crippen molar-refractivity contribution in [1.29, 1.82) is 0 Å². The summed E-state index contributed by atoms with van der Waals surface area (Å²) in [6.45, 7) is 1.88. The smallest absolute Gasteiger partial charge is 0.220 e. The van der Waals surface area contributed by atoms with Crippen molar-refractivity contribution in [2.24, 2.45) is 5.84 Å². The molecule has 0 aromatic rings. The fourth-order valence-corrected chi connectivity index (χ4v) is 0.248. The second-order valence-electron chi connectivity index (χ2n) is 1.58. The van der Waals surface area contributed by atoms with Crippen LogP contribution in [0, 0.1) is 0 Å². The maximum atomic E-state index is 10.4. The fourth-order valence-electron chi connectivity index (χ4n) is 0.248. The summed E-state index contributed by atoms with van der Waals surface area (Å²) >= 11 is 0. The minimum Gasteiger partial charge on any atom is -0.332 e. The average Bonchev–Trinajstić information content (AvgIpc) is 1.67. The second kappa shape index (κ2) is 3.40. The molecule has 0 spiro atoms. The van der Waals surface area contributed by atoms with Gasteiger partial charge in [-0.05, 0) is 0 Å². The minimum absolute atomic E-state index is 0.00273. The van der Waals surface area contributed by atoms with Gasteiger partial charge in [0.15, 0.2) is 0 Å². The van der Waals surface area contributed by atoms with E-state index in [0.29, 0.717) is 6.67 Å². The first-order chi connectivity index (χ1) is 3.68. The van der Waals surface area contributed by atoms with Gasteiger partial charge >= 0.3 is 0 Å². The number of carbonyl (C=O) groups excluding carboxylic acids is 1. The SMILES string of the molecule is CC(=O)N(C)CNN. The highest BCUT2D eigenvalue weighted by atomic mass is 16.2. The van der Waals surface area contributed by atoms with Crippen molar-refractivity contribution in [2.45, 2.75) is 6.92 Å². The topological polar surface area (TPSA) is 58.4 Å². The van der Waals surface area contributed by atoms with Crippen LogP contribution in [-0.4, -0.2) is 24.5 Å². The molecule has 4 heteroatoms. The monoisotopic (exact) mass is 117 g/mol. The van der Waals surface area contributed by atoms with Crippen LogP contribution < -0.4 is 11.3 Å². The van der Waals surface area contributed by atoms with Crippen LogP contribution in [0.1, 0.15) is 6.92 Å². The van der Waals surface area contributed by atoms with Crippen molar-refractivity contribution in [2.75, 3.05) is 13.7 Å². The van der Waals surface area contributed by atoms with E-state index in [9.17, 15) is 4.79 Å². The summed E-state index contributed by atoms with van der Waals surface area (Å²) in [5, 5.41) is 0. The molecule has 0 unspecified atom stereocenters. The number of nitrogens with one attached hydrogen (secondary N) is 1. The second-order valence-corrected chi connectivity index (χ2v) is 1.58. The van der Waals surface area contributed by atoms with Gasteiger partial charge in [-0.1, -0.05) is 0 Å². The Balaban J connectivity index is 3.32. The normalized spacial score (nSPS) is 8.88. The summed E-state index contributed by atoms with van der Waals surface area (Å²) in [6.07, 6.45) is 0. The maximum Gasteiger partial charge on any atom is 0.220 e. The van der Waals surface area contributed by atoms with E-state index in [0.717, 1.165) is 0 Å². The zero-order valence-corrected chi connectivity index (χ0v) is 5.14. The highest BCUT2D eigenvalue weighted by molar-refractivity contribution is 5.72. The molecule has 4 nitrogen and oxygen atoms in total. The van der Waals surface area contributed by atoms with Crippen molar-refractivity contribution in [1.82, 2.24) is 10.3 Å². The third kappa shape index (κ3) is 2.54. The first-order valence-corrected chi connectivity index (χ1v) is 2.33. The number of nitrogens with two attached hydrogens (primary N) is 1. The number of rotatable bonds is 2. The Bertz CT molecular complexity index is 83.4. The Kier molecular flexibility index (Phi) is 3.14. The Morgan fingerprint density at radius 2 is 2.38 bits per heavy atom. The van der Waals surface area contributed by atoms with Gasteiger partial charge in [0.05, 0.1) is 6.67 Å². The minimum atomic E-state index is 0.00273. The van der Waals surface area contributed by atoms with Crippen molar-refractivity contribution in [3.8, 4) is 0 Å². The molecule has 0 aliphatic heterocycles. The Morgan fingerprint density at radius 3 is 2.50 bits per heavy atom. The van der Waals surface area contributed by atoms with Crippen molar-refractivity contribution in [3.05, 3.63) is 0 Å². The van der Waals surface area contributed by atoms with Crippen LogP contribution in [0.4, 0.5) is 0 Å². The van der Waals surface area contributed by atoms with E-state index in [-0.39, 0.29) is 5.91 Å². The molecule has 3 N–H and O–H groups in total. The predicted octanol–water partition coefficient (Wildman–Crippen LogP) is -1.11. The van der Waals surface area contributed by atoms with Gasteiger partial charge in [-0.25, -0.2) is 5.43 Å². The number of hydrazine groups is 1. The van der Waals surface area contributed by atoms with Crippen LogP contribution >= 0.6 is 0 Å². The van der Waals surface area contributed by atoms with Crippen LogP contribution in [0.15, 0.2) is 0 Å². The lowest BCUT2D eigenvalue weighted by Crippen LogP contribution is -2.37. The molecular weight excluding hydrogens is 106 g/mol. The van der Waals surface area contributed by atoms with E-state index in [1.54, 1.807) is 7.05 Å². The van der Waals surface area contributed by atoms with Gasteiger partial charge in [-0.2, -0.15) is 0 Å². The van der Waals surface area contributed by atoms with Crippen molar-refractivity contribution < 1.29 is 4.79 Å². The summed E-state index contributed by atoms with van der Waals surface area (Å²) in [6, 6.07) is 0. The molecule has 0 saturated carbocycles. The van der Waals surface area contributed by atoms with Crippen molar-refractivity contribution in [3.63, 3.8) is 0 Å². The van der Waals surface area contributed by atoms with Gasteiger partial charge in [0, 0.05) is 14.0 Å². The molecule has 0 aliphatic rings. The molecule has 0 bridgehead atoms. The lowest BCUT2D eigenvalue weighted by atomic mass is 10.6. The van der Waals surface area contributed by atoms with Crippen molar-refractivity contribution >= 4 is 5.91 Å². The Labute approximate surface area is 48.6 Å². The number of nitrogens with zero attached hydrogens (tertiary/aromatic N) is 1. The first-order valence-electron chi connectivity index (χ1n) is 2.33. The van der Waals surface area contributed by atoms with Gasteiger partial charge in [0.2, 0.25) is 5.91 Å². The van der Waals surface area contributed by atoms with Gasteiger partial charge in [-0.3, -0.25) is 10.6 Å². The molecule has 0 fully saturated rings. The van der Waals surface area contributed by atoms with E-state index < -0.39 is 0 Å². The van der Waals surface area contributed by atoms with E-state index in [2.05, 4.69) is 5.43 Å². The Morgan fingerprint density at radius 1 is 1.88 bits per heavy atom. The standard InChI is InChI=1S/C4H11N3O/c1-4(8)7(2)3-6-5/h6H,3,5H2,1-2H3. The molecular formula is C4H11N3O. The zero-order chi connectivity index (χ0) is 6.57. The van der Waals surface area contributed by atoms with Crippen LogP contribution in [0.25, 0.3) is 0 Å². The Hall–Kier alpha value is -0.610. The molecule has 0 saturated heterocycles. The van der Waals surface area contributed by atoms with Crippen LogP contribution in [-0.2, 0) is 4.79 Å². The summed E-state index contributed by atoms with van der Waals surface area (Å²) < 4.78 is 0. The molecule has 0 radical (unpaired) electrons. The largest absolute Gasteiger partial charge is 0.332 e. The summed E-state index contributed by atoms with van der Waals surface area (Å²) in [5.41, 5.74) is 2.35. The molecule has 48 valence electrons. The van der Waals surface area contributed by atoms with Gasteiger partial charge < -0.3 is 4.90 Å². The number of hydrogen-bond acceptors (Lipinski definition) is 3. The zero-order valence-electron chi connectivity index (χ0n) is 5.14. The predicted molar refractivity (Wildman–Crippen MR) is 30.6 cm³/mol. The van der Waals surface area contributed by atoms with Gasteiger partial charge in [0.1, 0.15) is 0 Å². The van der Waals surface area contributed by atoms with Gasteiger partial charge in [0.25, 0.3) is 0 Å². The third-order valence-electron chi connectivity index (χ3n) is 0.866. The van der Waals surface area contributed by atoms with Gasteiger partial charge in [-0.15, -0.1) is 0 Å². The van der Waals surface area contributed by atoms with E-state index in [4.69, 9.17) is 5.84 Å². The summed E-state index contributed by atoms with van der Waals surface area (Å²) in [4.78, 5) is 11.8. The van der Waals surface area contributed by atoms with E-state index in [1.165, 1.54) is 11.8 Å². The van der Waals surface area contributed by atoms with Crippen LogP contribution in [0.3, 0.4) is 0 Å². The molecule has 0 heterocycles. The number of hydrogen-bond donors (Lipinski definition) is 2. The lowest BCUT2D eigenvalue weighted by Gasteiger charge is -2.12. The number of amides is 1. The quantitative estimate of drug-likeness (QED) is 0.274. The van der Waals surface area contributed by atoms with E-state index in [1.807, 2.05) is 0 Å². The third-order valence-corrected chi connectivity index (χ3v) is 0.866. The fraction of sp³-hybridized carbons (Fsp3) is 0.750. The van der Waals surface area contributed by atoms with Crippen LogP contribution in [0.5, 0.6) is 0 Å². The van der Waals surface area contributed by atoms with Crippen LogP contribution in [0.2, 0.25) is 0 Å². The molecule has 0 rings (SSSR count). The lowest BCUT2D eigenvalue weighted by molar-refractivity contribution is -0.127. The highest BCUT2D eigenvalue weighted by Crippen LogP contribution is 1.75. The highest BCUT2D eigenvalue weighted by Gasteiger charge is 1.96. The molecule has 0 aromatic carbocycles. The molecule has 0 atom stereocenters. The molecule has 8 heavy (non-hydrogen) atoms. The first kappa shape index (κ1) is 7.39. The number of carbonyl (C=O) groups is 1. The summed E-state index contributed by atoms with van der Waals surface area (Å²) in [5.74, 6) is 4.93. The maximum absolute atomic E-state index is 10.4. The molecule has 0 aliphatic carbocycles. The average molecular weight is 117 g/mol.